The zero-order valence-corrected chi connectivity index (χ0v) is 16.2. The van der Waals surface area contributed by atoms with E-state index in [2.05, 4.69) is 31.5 Å². The van der Waals surface area contributed by atoms with Crippen molar-refractivity contribution in [1.29, 1.82) is 0 Å². The fourth-order valence-electron chi connectivity index (χ4n) is 2.19. The van der Waals surface area contributed by atoms with Crippen LogP contribution in [0.4, 0.5) is 5.13 Å². The first kappa shape index (κ1) is 18.6. The molecule has 0 fully saturated rings. The fourth-order valence-corrected chi connectivity index (χ4v) is 3.30. The van der Waals surface area contributed by atoms with E-state index in [0.717, 1.165) is 15.8 Å². The molecule has 1 heterocycles. The number of aromatic nitrogens is 1. The van der Waals surface area contributed by atoms with Crippen LogP contribution >= 0.6 is 27.3 Å². The van der Waals surface area contributed by atoms with Gasteiger partial charge in [0.2, 0.25) is 11.8 Å². The van der Waals surface area contributed by atoms with E-state index in [4.69, 9.17) is 0 Å². The Labute approximate surface area is 154 Å². The van der Waals surface area contributed by atoms with Gasteiger partial charge in [0.25, 0.3) is 0 Å². The molecule has 1 aromatic carbocycles. The molecule has 2 N–H and O–H groups in total. The number of nitrogens with zero attached hydrogens (tertiary/aromatic N) is 1. The number of anilines is 1. The van der Waals surface area contributed by atoms with E-state index in [0.29, 0.717) is 5.13 Å². The lowest BCUT2D eigenvalue weighted by Gasteiger charge is -2.20. The molecule has 5 nitrogen and oxygen atoms in total. The SMILES string of the molecule is CC(=O)NC(C(=O)Nc1ncc(Cc2ccc(Br)cc2)s1)C(C)C. The van der Waals surface area contributed by atoms with Crippen LogP contribution in [0.15, 0.2) is 34.9 Å². The summed E-state index contributed by atoms with van der Waals surface area (Å²) < 4.78 is 1.04. The minimum atomic E-state index is -0.568. The third-order valence-electron chi connectivity index (χ3n) is 3.38. The van der Waals surface area contributed by atoms with Crippen LogP contribution in [0.5, 0.6) is 0 Å². The first-order valence-corrected chi connectivity index (χ1v) is 9.23. The summed E-state index contributed by atoms with van der Waals surface area (Å²) in [6, 6.07) is 7.53. The average molecular weight is 410 g/mol. The first-order valence-electron chi connectivity index (χ1n) is 7.62. The molecule has 0 aliphatic rings. The van der Waals surface area contributed by atoms with Gasteiger partial charge >= 0.3 is 0 Å². The van der Waals surface area contributed by atoms with E-state index in [1.165, 1.54) is 23.8 Å². The highest BCUT2D eigenvalue weighted by Crippen LogP contribution is 2.22. The topological polar surface area (TPSA) is 71.1 Å². The van der Waals surface area contributed by atoms with Gasteiger partial charge in [0.05, 0.1) is 0 Å². The van der Waals surface area contributed by atoms with Crippen molar-refractivity contribution >= 4 is 44.2 Å². The number of thiazole rings is 1. The number of amides is 2. The predicted octanol–water partition coefficient (Wildman–Crippen LogP) is 3.60. The lowest BCUT2D eigenvalue weighted by molar-refractivity contribution is -0.126. The molecule has 7 heteroatoms. The first-order chi connectivity index (χ1) is 11.3. The smallest absolute Gasteiger partial charge is 0.248 e. The largest absolute Gasteiger partial charge is 0.344 e. The van der Waals surface area contributed by atoms with Crippen molar-refractivity contribution in [1.82, 2.24) is 10.3 Å². The van der Waals surface area contributed by atoms with E-state index < -0.39 is 6.04 Å². The van der Waals surface area contributed by atoms with Gasteiger partial charge in [-0.25, -0.2) is 4.98 Å². The third kappa shape index (κ3) is 5.42. The van der Waals surface area contributed by atoms with Crippen molar-refractivity contribution in [3.63, 3.8) is 0 Å². The van der Waals surface area contributed by atoms with Gasteiger partial charge in [0, 0.05) is 28.9 Å². The summed E-state index contributed by atoms with van der Waals surface area (Å²) in [5.74, 6) is -0.472. The highest BCUT2D eigenvalue weighted by atomic mass is 79.9. The van der Waals surface area contributed by atoms with Crippen LogP contribution in [0, 0.1) is 5.92 Å². The van der Waals surface area contributed by atoms with Gasteiger partial charge in [-0.1, -0.05) is 41.9 Å². The summed E-state index contributed by atoms with van der Waals surface area (Å²) in [7, 11) is 0. The Kier molecular flexibility index (Phi) is 6.51. The van der Waals surface area contributed by atoms with Gasteiger partial charge in [-0.2, -0.15) is 0 Å². The molecule has 1 aromatic heterocycles. The quantitative estimate of drug-likeness (QED) is 0.765. The van der Waals surface area contributed by atoms with E-state index in [9.17, 15) is 9.59 Å². The minimum Gasteiger partial charge on any atom is -0.344 e. The molecule has 0 radical (unpaired) electrons. The summed E-state index contributed by atoms with van der Waals surface area (Å²) >= 11 is 4.86. The fraction of sp³-hybridized carbons (Fsp3) is 0.353. The van der Waals surface area contributed by atoms with Gasteiger partial charge in [-0.05, 0) is 23.6 Å². The van der Waals surface area contributed by atoms with Crippen molar-refractivity contribution in [2.75, 3.05) is 5.32 Å². The van der Waals surface area contributed by atoms with Crippen molar-refractivity contribution in [2.45, 2.75) is 33.2 Å². The molecule has 2 rings (SSSR count). The normalized spacial score (nSPS) is 12.0. The zero-order chi connectivity index (χ0) is 17.7. The van der Waals surface area contributed by atoms with Crippen molar-refractivity contribution in [3.8, 4) is 0 Å². The molecule has 24 heavy (non-hydrogen) atoms. The lowest BCUT2D eigenvalue weighted by Crippen LogP contribution is -2.46. The van der Waals surface area contributed by atoms with Gasteiger partial charge < -0.3 is 10.6 Å². The number of rotatable bonds is 6. The Hall–Kier alpha value is -1.73. The second-order valence-electron chi connectivity index (χ2n) is 5.85. The molecule has 2 aromatic rings. The Balaban J connectivity index is 2.00. The number of halogens is 1. The van der Waals surface area contributed by atoms with Crippen LogP contribution in [0.25, 0.3) is 0 Å². The Morgan fingerprint density at radius 2 is 1.92 bits per heavy atom. The highest BCUT2D eigenvalue weighted by molar-refractivity contribution is 9.10. The molecular weight excluding hydrogens is 390 g/mol. The van der Waals surface area contributed by atoms with Crippen molar-refractivity contribution in [2.24, 2.45) is 5.92 Å². The van der Waals surface area contributed by atoms with Crippen molar-refractivity contribution in [3.05, 3.63) is 45.4 Å². The third-order valence-corrected chi connectivity index (χ3v) is 4.82. The minimum absolute atomic E-state index is 0.00361. The van der Waals surface area contributed by atoms with Gasteiger partial charge in [0.15, 0.2) is 5.13 Å². The molecule has 1 atom stereocenters. The van der Waals surface area contributed by atoms with E-state index in [-0.39, 0.29) is 17.7 Å². The summed E-state index contributed by atoms with van der Waals surface area (Å²) in [6.07, 6.45) is 2.53. The van der Waals surface area contributed by atoms with Gasteiger partial charge in [-0.15, -0.1) is 11.3 Å². The lowest BCUT2D eigenvalue weighted by atomic mass is 10.0. The maximum Gasteiger partial charge on any atom is 0.248 e. The Morgan fingerprint density at radius 3 is 2.50 bits per heavy atom. The molecule has 0 bridgehead atoms. The Morgan fingerprint density at radius 1 is 1.25 bits per heavy atom. The number of carbonyl (C=O) groups is 2. The van der Waals surface area contributed by atoms with Crippen LogP contribution in [-0.2, 0) is 16.0 Å². The number of carbonyl (C=O) groups excluding carboxylic acids is 2. The monoisotopic (exact) mass is 409 g/mol. The average Bonchev–Trinajstić information content (AvgIpc) is 2.93. The maximum atomic E-state index is 12.3. The van der Waals surface area contributed by atoms with Crippen LogP contribution < -0.4 is 10.6 Å². The molecular formula is C17H20BrN3O2S. The summed E-state index contributed by atoms with van der Waals surface area (Å²) in [5.41, 5.74) is 1.18. The zero-order valence-electron chi connectivity index (χ0n) is 13.8. The highest BCUT2D eigenvalue weighted by Gasteiger charge is 2.23. The van der Waals surface area contributed by atoms with Crippen molar-refractivity contribution < 1.29 is 9.59 Å². The predicted molar refractivity (Wildman–Crippen MR) is 100 cm³/mol. The molecule has 2 amide bonds. The van der Waals surface area contributed by atoms with Crippen LogP contribution in [-0.4, -0.2) is 22.8 Å². The molecule has 0 saturated carbocycles. The van der Waals surface area contributed by atoms with Crippen LogP contribution in [0.2, 0.25) is 0 Å². The number of benzene rings is 1. The summed E-state index contributed by atoms with van der Waals surface area (Å²) in [6.45, 7) is 5.18. The number of hydrogen-bond donors (Lipinski definition) is 2. The molecule has 1 unspecified atom stereocenters. The molecule has 0 aliphatic heterocycles. The molecule has 128 valence electrons. The van der Waals surface area contributed by atoms with Gasteiger partial charge in [0.1, 0.15) is 6.04 Å². The molecule has 0 spiro atoms. The van der Waals surface area contributed by atoms with Crippen LogP contribution in [0.1, 0.15) is 31.2 Å². The second kappa shape index (κ2) is 8.39. The van der Waals surface area contributed by atoms with E-state index in [1.807, 2.05) is 38.1 Å². The van der Waals surface area contributed by atoms with Crippen LogP contribution in [0.3, 0.4) is 0 Å². The molecule has 0 aliphatic carbocycles. The summed E-state index contributed by atoms with van der Waals surface area (Å²) in [4.78, 5) is 28.9. The van der Waals surface area contributed by atoms with E-state index in [1.54, 1.807) is 6.20 Å². The second-order valence-corrected chi connectivity index (χ2v) is 7.88. The number of nitrogens with one attached hydrogen (secondary N) is 2. The molecule has 0 saturated heterocycles. The van der Waals surface area contributed by atoms with Gasteiger partial charge in [-0.3, -0.25) is 9.59 Å². The number of hydrogen-bond acceptors (Lipinski definition) is 4. The summed E-state index contributed by atoms with van der Waals surface area (Å²) in [5, 5.41) is 6.01. The maximum absolute atomic E-state index is 12.3. The standard InChI is InChI=1S/C17H20BrN3O2S/c1-10(2)15(20-11(3)22)16(23)21-17-19-9-14(24-17)8-12-4-6-13(18)7-5-12/h4-7,9-10,15H,8H2,1-3H3,(H,20,22)(H,19,21,23). The van der Waals surface area contributed by atoms with E-state index >= 15 is 0 Å². The Bertz CT molecular complexity index is 713.